The molecule has 0 bridgehead atoms. The van der Waals surface area contributed by atoms with E-state index in [1.54, 1.807) is 0 Å². The van der Waals surface area contributed by atoms with Crippen LogP contribution in [0.1, 0.15) is 26.2 Å². The summed E-state index contributed by atoms with van der Waals surface area (Å²) < 4.78 is 12.2. The van der Waals surface area contributed by atoms with Gasteiger partial charge in [0.15, 0.2) is 0 Å². The Kier molecular flexibility index (Phi) is 5.32. The minimum absolute atomic E-state index is 0.206. The summed E-state index contributed by atoms with van der Waals surface area (Å²) in [4.78, 5) is 2.28. The third kappa shape index (κ3) is 3.61. The van der Waals surface area contributed by atoms with Crippen LogP contribution in [0.5, 0.6) is 0 Å². The molecule has 0 amide bonds. The maximum atomic E-state index is 12.2. The number of rotatable bonds is 5. The highest BCUT2D eigenvalue weighted by molar-refractivity contribution is 4.78. The number of likely N-dealkylation sites (tertiary alicyclic amines) is 1. The normalized spacial score (nSPS) is 24.9. The van der Waals surface area contributed by atoms with Crippen LogP contribution in [-0.4, -0.2) is 43.8 Å². The largest absolute Gasteiger partial charge is 0.315 e. The summed E-state index contributed by atoms with van der Waals surface area (Å²) in [6.07, 6.45) is 3.77. The zero-order chi connectivity index (χ0) is 9.52. The first kappa shape index (κ1) is 10.9. The van der Waals surface area contributed by atoms with Gasteiger partial charge in [-0.3, -0.25) is 4.90 Å². The number of hydrogen-bond acceptors (Lipinski definition) is 2. The molecule has 3 heteroatoms. The molecule has 78 valence electrons. The van der Waals surface area contributed by atoms with Crippen molar-refractivity contribution in [2.45, 2.75) is 32.2 Å². The predicted octanol–water partition coefficient (Wildman–Crippen LogP) is 1.42. The van der Waals surface area contributed by atoms with Gasteiger partial charge >= 0.3 is 0 Å². The van der Waals surface area contributed by atoms with Gasteiger partial charge in [0.2, 0.25) is 0 Å². The van der Waals surface area contributed by atoms with Crippen LogP contribution < -0.4 is 5.32 Å². The third-order valence-electron chi connectivity index (χ3n) is 2.75. The lowest BCUT2D eigenvalue weighted by Gasteiger charge is -2.35. The number of alkyl halides is 1. The van der Waals surface area contributed by atoms with Crippen molar-refractivity contribution in [2.75, 3.05) is 32.9 Å². The Labute approximate surface area is 80.5 Å². The Morgan fingerprint density at radius 2 is 2.31 bits per heavy atom. The fourth-order valence-corrected chi connectivity index (χ4v) is 2.01. The number of piperidine rings is 1. The predicted molar refractivity (Wildman–Crippen MR) is 53.7 cm³/mol. The van der Waals surface area contributed by atoms with E-state index in [4.69, 9.17) is 0 Å². The van der Waals surface area contributed by atoms with E-state index < -0.39 is 0 Å². The highest BCUT2D eigenvalue weighted by Gasteiger charge is 2.20. The lowest BCUT2D eigenvalue weighted by atomic mass is 10.0. The summed E-state index contributed by atoms with van der Waals surface area (Å²) >= 11 is 0. The van der Waals surface area contributed by atoms with Crippen molar-refractivity contribution in [2.24, 2.45) is 0 Å². The lowest BCUT2D eigenvalue weighted by Crippen LogP contribution is -2.46. The van der Waals surface area contributed by atoms with E-state index in [2.05, 4.69) is 17.1 Å². The molecular formula is C10H21FN2. The van der Waals surface area contributed by atoms with Crippen molar-refractivity contribution in [3.05, 3.63) is 0 Å². The van der Waals surface area contributed by atoms with Gasteiger partial charge in [0, 0.05) is 19.1 Å². The molecule has 0 aliphatic carbocycles. The number of nitrogens with zero attached hydrogens (tertiary/aromatic N) is 1. The number of hydrogen-bond donors (Lipinski definition) is 1. The maximum Gasteiger partial charge on any atom is 0.102 e. The second-order valence-electron chi connectivity index (χ2n) is 3.68. The standard InChI is InChI=1S/C10H21FN2/c1-2-12-9-10-5-3-4-7-13(10)8-6-11/h10,12H,2-9H2,1H3. The zero-order valence-corrected chi connectivity index (χ0v) is 8.56. The van der Waals surface area contributed by atoms with E-state index in [9.17, 15) is 4.39 Å². The van der Waals surface area contributed by atoms with Crippen LogP contribution in [0, 0.1) is 0 Å². The van der Waals surface area contributed by atoms with E-state index in [-0.39, 0.29) is 6.67 Å². The number of halogens is 1. The van der Waals surface area contributed by atoms with Gasteiger partial charge in [0.25, 0.3) is 0 Å². The Balaban J connectivity index is 2.28. The zero-order valence-electron chi connectivity index (χ0n) is 8.56. The summed E-state index contributed by atoms with van der Waals surface area (Å²) in [6.45, 7) is 5.65. The van der Waals surface area contributed by atoms with Crippen molar-refractivity contribution >= 4 is 0 Å². The molecule has 0 saturated carbocycles. The van der Waals surface area contributed by atoms with Crippen LogP contribution >= 0.6 is 0 Å². The first-order valence-corrected chi connectivity index (χ1v) is 5.39. The van der Waals surface area contributed by atoms with Crippen LogP contribution in [0.25, 0.3) is 0 Å². The minimum Gasteiger partial charge on any atom is -0.315 e. The van der Waals surface area contributed by atoms with Gasteiger partial charge in [-0.05, 0) is 25.9 Å². The molecule has 1 heterocycles. The van der Waals surface area contributed by atoms with Crippen LogP contribution in [0.4, 0.5) is 4.39 Å². The summed E-state index contributed by atoms with van der Waals surface area (Å²) in [5, 5.41) is 3.34. The topological polar surface area (TPSA) is 15.3 Å². The fraction of sp³-hybridized carbons (Fsp3) is 1.00. The SMILES string of the molecule is CCNCC1CCCCN1CCF. The Morgan fingerprint density at radius 3 is 3.00 bits per heavy atom. The minimum atomic E-state index is -0.206. The molecule has 0 radical (unpaired) electrons. The molecule has 0 aromatic heterocycles. The average Bonchev–Trinajstić information content (AvgIpc) is 2.17. The molecular weight excluding hydrogens is 167 g/mol. The second kappa shape index (κ2) is 6.33. The van der Waals surface area contributed by atoms with Gasteiger partial charge in [-0.2, -0.15) is 0 Å². The monoisotopic (exact) mass is 188 g/mol. The first-order chi connectivity index (χ1) is 6.38. The highest BCUT2D eigenvalue weighted by Crippen LogP contribution is 2.15. The molecule has 0 aromatic rings. The van der Waals surface area contributed by atoms with Gasteiger partial charge in [0.05, 0.1) is 0 Å². The second-order valence-corrected chi connectivity index (χ2v) is 3.68. The molecule has 13 heavy (non-hydrogen) atoms. The van der Waals surface area contributed by atoms with Crippen LogP contribution in [-0.2, 0) is 0 Å². The molecule has 1 unspecified atom stereocenters. The molecule has 0 aromatic carbocycles. The third-order valence-corrected chi connectivity index (χ3v) is 2.75. The molecule has 2 nitrogen and oxygen atoms in total. The summed E-state index contributed by atoms with van der Waals surface area (Å²) in [6, 6.07) is 0.574. The smallest absolute Gasteiger partial charge is 0.102 e. The molecule has 1 rings (SSSR count). The molecule has 1 saturated heterocycles. The Hall–Kier alpha value is -0.150. The summed E-state index contributed by atoms with van der Waals surface area (Å²) in [5.41, 5.74) is 0. The summed E-state index contributed by atoms with van der Waals surface area (Å²) in [7, 11) is 0. The number of likely N-dealkylation sites (N-methyl/N-ethyl adjacent to an activating group) is 1. The van der Waals surface area contributed by atoms with Gasteiger partial charge in [-0.25, -0.2) is 4.39 Å². The van der Waals surface area contributed by atoms with E-state index in [0.717, 1.165) is 19.6 Å². The van der Waals surface area contributed by atoms with Gasteiger partial charge < -0.3 is 5.32 Å². The highest BCUT2D eigenvalue weighted by atomic mass is 19.1. The van der Waals surface area contributed by atoms with Crippen molar-refractivity contribution < 1.29 is 4.39 Å². The Bertz CT molecular complexity index is 128. The van der Waals surface area contributed by atoms with Gasteiger partial charge in [-0.1, -0.05) is 13.3 Å². The molecule has 0 spiro atoms. The molecule has 1 aliphatic rings. The molecule has 1 atom stereocenters. The molecule has 1 aliphatic heterocycles. The Morgan fingerprint density at radius 1 is 1.46 bits per heavy atom. The van der Waals surface area contributed by atoms with Crippen LogP contribution in [0.2, 0.25) is 0 Å². The van der Waals surface area contributed by atoms with Crippen molar-refractivity contribution in [3.63, 3.8) is 0 Å². The maximum absolute atomic E-state index is 12.2. The van der Waals surface area contributed by atoms with Crippen LogP contribution in [0.3, 0.4) is 0 Å². The van der Waals surface area contributed by atoms with E-state index >= 15 is 0 Å². The first-order valence-electron chi connectivity index (χ1n) is 5.39. The molecule has 1 fully saturated rings. The van der Waals surface area contributed by atoms with E-state index in [1.165, 1.54) is 19.3 Å². The molecule has 1 N–H and O–H groups in total. The van der Waals surface area contributed by atoms with Gasteiger partial charge in [-0.15, -0.1) is 0 Å². The van der Waals surface area contributed by atoms with Crippen molar-refractivity contribution in [1.82, 2.24) is 10.2 Å². The summed E-state index contributed by atoms with van der Waals surface area (Å²) in [5.74, 6) is 0. The fourth-order valence-electron chi connectivity index (χ4n) is 2.01. The lowest BCUT2D eigenvalue weighted by molar-refractivity contribution is 0.136. The van der Waals surface area contributed by atoms with Crippen LogP contribution in [0.15, 0.2) is 0 Å². The van der Waals surface area contributed by atoms with Gasteiger partial charge in [0.1, 0.15) is 6.67 Å². The van der Waals surface area contributed by atoms with E-state index in [0.29, 0.717) is 12.6 Å². The van der Waals surface area contributed by atoms with Crippen molar-refractivity contribution in [3.8, 4) is 0 Å². The van der Waals surface area contributed by atoms with Crippen molar-refractivity contribution in [1.29, 1.82) is 0 Å². The quantitative estimate of drug-likeness (QED) is 0.702. The van der Waals surface area contributed by atoms with E-state index in [1.807, 2.05) is 0 Å². The average molecular weight is 188 g/mol. The number of nitrogens with one attached hydrogen (secondary N) is 1.